The van der Waals surface area contributed by atoms with Gasteiger partial charge in [-0.1, -0.05) is 24.3 Å². The van der Waals surface area contributed by atoms with Crippen molar-refractivity contribution in [1.29, 1.82) is 0 Å². The fraction of sp³-hybridized carbons (Fsp3) is 0.394. The summed E-state index contributed by atoms with van der Waals surface area (Å²) in [7, 11) is 0. The van der Waals surface area contributed by atoms with Crippen LogP contribution in [0.2, 0.25) is 0 Å². The van der Waals surface area contributed by atoms with Crippen LogP contribution in [0.1, 0.15) is 52.5 Å². The predicted octanol–water partition coefficient (Wildman–Crippen LogP) is 3.25. The minimum atomic E-state index is -1.17. The summed E-state index contributed by atoms with van der Waals surface area (Å²) in [6.45, 7) is 12.4. The van der Waals surface area contributed by atoms with E-state index < -0.39 is 12.4 Å². The van der Waals surface area contributed by atoms with Crippen LogP contribution in [-0.4, -0.2) is 65.4 Å². The van der Waals surface area contributed by atoms with E-state index in [1.165, 1.54) is 6.92 Å². The minimum Gasteiger partial charge on any atom is -0.850 e. The van der Waals surface area contributed by atoms with Gasteiger partial charge in [-0.3, -0.25) is 29.7 Å². The van der Waals surface area contributed by atoms with Gasteiger partial charge in [0.1, 0.15) is 6.29 Å². The molecule has 4 aromatic rings. The number of nitrogens with zero attached hydrogens (tertiary/aromatic N) is 6. The molecule has 224 valence electrons. The van der Waals surface area contributed by atoms with Crippen molar-refractivity contribution in [3.8, 4) is 0 Å². The summed E-state index contributed by atoms with van der Waals surface area (Å²) >= 11 is 0. The Hall–Kier alpha value is -2.35. The van der Waals surface area contributed by atoms with Crippen molar-refractivity contribution in [3.63, 3.8) is 0 Å². The molecule has 0 saturated heterocycles. The summed E-state index contributed by atoms with van der Waals surface area (Å²) in [6.07, 6.45) is -2.00. The zero-order chi connectivity index (χ0) is 30.5. The van der Waals surface area contributed by atoms with E-state index in [2.05, 4.69) is 29.7 Å². The van der Waals surface area contributed by atoms with Crippen LogP contribution < -0.4 is 5.11 Å². The second kappa shape index (κ2) is 20.6. The summed E-state index contributed by atoms with van der Waals surface area (Å²) in [5.41, 5.74) is 7.69. The summed E-state index contributed by atoms with van der Waals surface area (Å²) in [5.74, 6) is 0. The van der Waals surface area contributed by atoms with Gasteiger partial charge >= 0.3 is 39.0 Å². The summed E-state index contributed by atoms with van der Waals surface area (Å²) in [6, 6.07) is 24.1. The first-order chi connectivity index (χ1) is 20.0. The number of rotatable bonds is 12. The molecule has 0 spiro atoms. The minimum absolute atomic E-state index is 0. The number of aryl methyl sites for hydroxylation is 4. The normalized spacial score (nSPS) is 10.8. The molecule has 4 aromatic heterocycles. The molecule has 0 atom stereocenters. The molecule has 0 aliphatic heterocycles. The first kappa shape index (κ1) is 39.7. The third kappa shape index (κ3) is 15.6. The van der Waals surface area contributed by atoms with Crippen LogP contribution in [0.4, 0.5) is 0 Å². The van der Waals surface area contributed by atoms with Crippen LogP contribution >= 0.6 is 0 Å². The Bertz CT molecular complexity index is 1200. The van der Waals surface area contributed by atoms with Gasteiger partial charge < -0.3 is 15.3 Å². The molecule has 4 rings (SSSR count). The number of aliphatic hydroxyl groups is 2. The van der Waals surface area contributed by atoms with Gasteiger partial charge in [0.15, 0.2) is 0 Å². The first-order valence-corrected chi connectivity index (χ1v) is 14.2. The van der Waals surface area contributed by atoms with E-state index in [1.54, 1.807) is 0 Å². The Morgan fingerprint density at radius 3 is 0.977 bits per heavy atom. The Morgan fingerprint density at radius 1 is 0.545 bits per heavy atom. The Morgan fingerprint density at radius 2 is 0.773 bits per heavy atom. The van der Waals surface area contributed by atoms with Crippen molar-refractivity contribution >= 4 is 0 Å². The topological polar surface area (TPSA) is 122 Å². The van der Waals surface area contributed by atoms with Crippen molar-refractivity contribution in [2.75, 3.05) is 13.1 Å². The van der Waals surface area contributed by atoms with Crippen LogP contribution in [0.25, 0.3) is 0 Å². The molecule has 0 bridgehead atoms. The molecule has 44 heavy (non-hydrogen) atoms. The van der Waals surface area contributed by atoms with Gasteiger partial charge in [-0.2, -0.15) is 0 Å². The Balaban J connectivity index is 0.00000152. The van der Waals surface area contributed by atoms with E-state index in [0.717, 1.165) is 45.6 Å². The van der Waals surface area contributed by atoms with Gasteiger partial charge in [-0.15, -0.1) is 6.10 Å². The van der Waals surface area contributed by atoms with Crippen LogP contribution in [0, 0.1) is 27.7 Å². The molecule has 4 heterocycles. The van der Waals surface area contributed by atoms with E-state index in [-0.39, 0.29) is 39.0 Å². The number of pyridine rings is 4. The SMILES string of the molecule is CC(O)O.Cc1cccc(CN(Cc2cccc(C)n2)CC([O-])CN(Cc2cccc(C)n2)Cc2cccc(C)n2)n1.[Zn+2].[Zn+2]. The molecule has 0 aliphatic rings. The maximum absolute atomic E-state index is 13.6. The number of hydrogen-bond acceptors (Lipinski definition) is 9. The van der Waals surface area contributed by atoms with Gasteiger partial charge in [0.25, 0.3) is 0 Å². The molecular weight excluding hydrogens is 659 g/mol. The fourth-order valence-corrected chi connectivity index (χ4v) is 4.67. The molecule has 0 aromatic carbocycles. The second-order valence-electron chi connectivity index (χ2n) is 10.7. The van der Waals surface area contributed by atoms with E-state index in [9.17, 15) is 5.11 Å². The van der Waals surface area contributed by atoms with Crippen molar-refractivity contribution in [1.82, 2.24) is 29.7 Å². The monoisotopic (exact) mass is 699 g/mol. The van der Waals surface area contributed by atoms with Crippen molar-refractivity contribution in [3.05, 3.63) is 118 Å². The number of aromatic nitrogens is 4. The van der Waals surface area contributed by atoms with Gasteiger partial charge in [0.05, 0.1) is 22.8 Å². The van der Waals surface area contributed by atoms with Crippen molar-refractivity contribution < 1.29 is 54.3 Å². The van der Waals surface area contributed by atoms with E-state index >= 15 is 0 Å². The van der Waals surface area contributed by atoms with Gasteiger partial charge in [0, 0.05) is 49.0 Å². The van der Waals surface area contributed by atoms with Crippen LogP contribution in [0.5, 0.6) is 0 Å². The molecule has 0 aliphatic carbocycles. The number of hydrogen-bond donors (Lipinski definition) is 2. The van der Waals surface area contributed by atoms with Crippen molar-refractivity contribution in [2.24, 2.45) is 0 Å². The second-order valence-corrected chi connectivity index (χ2v) is 10.7. The molecule has 2 N–H and O–H groups in total. The molecule has 0 amide bonds. The largest absolute Gasteiger partial charge is 2.00 e. The predicted molar refractivity (Wildman–Crippen MR) is 162 cm³/mol. The van der Waals surface area contributed by atoms with Crippen LogP contribution in [0.3, 0.4) is 0 Å². The summed E-state index contributed by atoms with van der Waals surface area (Å²) in [4.78, 5) is 23.0. The molecule has 0 unspecified atom stereocenters. The Labute approximate surface area is 287 Å². The maximum atomic E-state index is 13.6. The average molecular weight is 703 g/mol. The first-order valence-electron chi connectivity index (χ1n) is 14.2. The van der Waals surface area contributed by atoms with Gasteiger partial charge in [-0.25, -0.2) is 0 Å². The molecular formula is C33H43N6O3Zn2+3. The standard InChI is InChI=1S/C31H37N6O.C2H6O2.2Zn/c1-23-9-5-13-27(32-23)17-36(18-28-14-6-10-24(2)33-28)21-31(38)22-37(19-29-15-7-11-25(3)34-29)20-30-16-8-12-26(4)35-30;1-2(3)4;;/h5-16,31H,17-22H2,1-4H3;2-4H,1H3;;/q-1;;2*+2. The molecule has 0 saturated carbocycles. The zero-order valence-electron chi connectivity index (χ0n) is 26.7. The zero-order valence-corrected chi connectivity index (χ0v) is 32.7. The molecule has 0 fully saturated rings. The van der Waals surface area contributed by atoms with E-state index in [1.807, 2.05) is 100 Å². The molecule has 9 nitrogen and oxygen atoms in total. The Kier molecular flexibility index (Phi) is 18.6. The molecule has 11 heteroatoms. The quantitative estimate of drug-likeness (QED) is 0.169. The van der Waals surface area contributed by atoms with Gasteiger partial charge in [0.2, 0.25) is 0 Å². The van der Waals surface area contributed by atoms with E-state index in [0.29, 0.717) is 39.3 Å². The maximum Gasteiger partial charge on any atom is 2.00 e. The van der Waals surface area contributed by atoms with Crippen LogP contribution in [-0.2, 0) is 65.1 Å². The summed E-state index contributed by atoms with van der Waals surface area (Å²) in [5, 5.41) is 28.8. The van der Waals surface area contributed by atoms with Gasteiger partial charge in [-0.05, 0) is 96.2 Å². The third-order valence-electron chi connectivity index (χ3n) is 6.25. The third-order valence-corrected chi connectivity index (χ3v) is 6.25. The van der Waals surface area contributed by atoms with Crippen molar-refractivity contribution in [2.45, 2.75) is 73.2 Å². The fourth-order valence-electron chi connectivity index (χ4n) is 4.67. The number of aliphatic hydroxyl groups excluding tert-OH is 1. The van der Waals surface area contributed by atoms with Crippen LogP contribution in [0.15, 0.2) is 72.8 Å². The van der Waals surface area contributed by atoms with E-state index in [4.69, 9.17) is 10.2 Å². The summed E-state index contributed by atoms with van der Waals surface area (Å²) < 4.78 is 0. The average Bonchev–Trinajstić information content (AvgIpc) is 2.88. The smallest absolute Gasteiger partial charge is 0.850 e. The molecule has 0 radical (unpaired) electrons.